The number of pyridine rings is 1. The summed E-state index contributed by atoms with van der Waals surface area (Å²) in [4.78, 5) is 23.2. The second kappa shape index (κ2) is 4.86. The Bertz CT molecular complexity index is 590. The summed E-state index contributed by atoms with van der Waals surface area (Å²) in [6.45, 7) is 3.91. The Morgan fingerprint density at radius 2 is 2.06 bits per heavy atom. The summed E-state index contributed by atoms with van der Waals surface area (Å²) in [5.74, 6) is -0.0661. The molecular weight excluding hydrogens is 246 g/mol. The third kappa shape index (κ3) is 2.26. The van der Waals surface area contributed by atoms with Crippen molar-refractivity contribution in [3.8, 4) is 10.7 Å². The SMILES string of the molecule is Cc1cccnc1-c1nc(C(=O)N(C)C)c(C)s1. The molecule has 0 saturated carbocycles. The highest BCUT2D eigenvalue weighted by Gasteiger charge is 2.18. The lowest BCUT2D eigenvalue weighted by Crippen LogP contribution is -2.22. The van der Waals surface area contributed by atoms with Crippen molar-refractivity contribution < 1.29 is 4.79 Å². The molecule has 1 amide bonds. The average molecular weight is 261 g/mol. The molecule has 0 saturated heterocycles. The van der Waals surface area contributed by atoms with Gasteiger partial charge in [-0.3, -0.25) is 9.78 Å². The minimum absolute atomic E-state index is 0.0661. The molecule has 0 N–H and O–H groups in total. The highest BCUT2D eigenvalue weighted by atomic mass is 32.1. The van der Waals surface area contributed by atoms with E-state index >= 15 is 0 Å². The van der Waals surface area contributed by atoms with E-state index < -0.39 is 0 Å². The maximum atomic E-state index is 11.9. The average Bonchev–Trinajstić information content (AvgIpc) is 2.70. The summed E-state index contributed by atoms with van der Waals surface area (Å²) in [5.41, 5.74) is 2.43. The van der Waals surface area contributed by atoms with Gasteiger partial charge in [-0.2, -0.15) is 0 Å². The van der Waals surface area contributed by atoms with Crippen molar-refractivity contribution in [3.05, 3.63) is 34.5 Å². The molecule has 0 aliphatic carbocycles. The number of aromatic nitrogens is 2. The molecule has 2 rings (SSSR count). The van der Waals surface area contributed by atoms with Crippen LogP contribution >= 0.6 is 11.3 Å². The molecule has 2 aromatic rings. The zero-order valence-electron chi connectivity index (χ0n) is 10.9. The van der Waals surface area contributed by atoms with Crippen molar-refractivity contribution >= 4 is 17.2 Å². The van der Waals surface area contributed by atoms with Gasteiger partial charge in [-0.05, 0) is 25.5 Å². The molecule has 0 aliphatic rings. The van der Waals surface area contributed by atoms with E-state index in [-0.39, 0.29) is 5.91 Å². The minimum atomic E-state index is -0.0661. The second-order valence-electron chi connectivity index (χ2n) is 4.29. The largest absolute Gasteiger partial charge is 0.343 e. The van der Waals surface area contributed by atoms with E-state index in [1.165, 1.54) is 16.2 Å². The van der Waals surface area contributed by atoms with Crippen molar-refractivity contribution in [2.45, 2.75) is 13.8 Å². The fourth-order valence-electron chi connectivity index (χ4n) is 1.62. The van der Waals surface area contributed by atoms with E-state index in [2.05, 4.69) is 9.97 Å². The Morgan fingerprint density at radius 3 is 2.67 bits per heavy atom. The molecule has 0 fully saturated rings. The zero-order chi connectivity index (χ0) is 13.3. The van der Waals surface area contributed by atoms with E-state index in [0.29, 0.717) is 5.69 Å². The normalized spacial score (nSPS) is 10.4. The van der Waals surface area contributed by atoms with Crippen LogP contribution in [0.3, 0.4) is 0 Å². The summed E-state index contributed by atoms with van der Waals surface area (Å²) >= 11 is 1.51. The van der Waals surface area contributed by atoms with Crippen LogP contribution in [0.1, 0.15) is 20.9 Å². The minimum Gasteiger partial charge on any atom is -0.343 e. The van der Waals surface area contributed by atoms with Crippen LogP contribution in [-0.2, 0) is 0 Å². The number of thiazole rings is 1. The monoisotopic (exact) mass is 261 g/mol. The molecule has 0 radical (unpaired) electrons. The molecule has 0 aliphatic heterocycles. The Kier molecular flexibility index (Phi) is 3.43. The number of rotatable bonds is 2. The molecule has 0 atom stereocenters. The summed E-state index contributed by atoms with van der Waals surface area (Å²) in [6, 6.07) is 3.89. The van der Waals surface area contributed by atoms with Crippen LogP contribution in [-0.4, -0.2) is 34.9 Å². The molecule has 2 heterocycles. The second-order valence-corrected chi connectivity index (χ2v) is 5.50. The van der Waals surface area contributed by atoms with Gasteiger partial charge in [-0.1, -0.05) is 6.07 Å². The standard InChI is InChI=1S/C13H15N3OS/c1-8-6-5-7-14-10(8)12-15-11(9(2)18-12)13(17)16(3)4/h5-7H,1-4H3. The maximum Gasteiger partial charge on any atom is 0.273 e. The maximum absolute atomic E-state index is 11.9. The van der Waals surface area contributed by atoms with E-state index in [9.17, 15) is 4.79 Å². The quantitative estimate of drug-likeness (QED) is 0.834. The van der Waals surface area contributed by atoms with Crippen LogP contribution in [0.5, 0.6) is 0 Å². The number of nitrogens with zero attached hydrogens (tertiary/aromatic N) is 3. The molecule has 5 heteroatoms. The van der Waals surface area contributed by atoms with Gasteiger partial charge in [0.05, 0.1) is 0 Å². The lowest BCUT2D eigenvalue weighted by Gasteiger charge is -2.07. The number of hydrogen-bond acceptors (Lipinski definition) is 4. The summed E-state index contributed by atoms with van der Waals surface area (Å²) in [7, 11) is 3.46. The highest BCUT2D eigenvalue weighted by Crippen LogP contribution is 2.28. The predicted octanol–water partition coefficient (Wildman–Crippen LogP) is 2.52. The van der Waals surface area contributed by atoms with Gasteiger partial charge in [-0.15, -0.1) is 11.3 Å². The van der Waals surface area contributed by atoms with Crippen LogP contribution < -0.4 is 0 Å². The van der Waals surface area contributed by atoms with Gasteiger partial charge in [0, 0.05) is 25.2 Å². The Hall–Kier alpha value is -1.75. The number of carbonyl (C=O) groups excluding carboxylic acids is 1. The van der Waals surface area contributed by atoms with Crippen LogP contribution in [0.25, 0.3) is 10.7 Å². The third-order valence-corrected chi connectivity index (χ3v) is 3.59. The first kappa shape index (κ1) is 12.7. The summed E-state index contributed by atoms with van der Waals surface area (Å²) < 4.78 is 0. The number of hydrogen-bond donors (Lipinski definition) is 0. The van der Waals surface area contributed by atoms with Crippen molar-refractivity contribution in [3.63, 3.8) is 0 Å². The molecule has 2 aromatic heterocycles. The summed E-state index contributed by atoms with van der Waals surface area (Å²) in [5, 5.41) is 0.802. The molecule has 94 valence electrons. The smallest absolute Gasteiger partial charge is 0.273 e. The Morgan fingerprint density at radius 1 is 1.33 bits per heavy atom. The van der Waals surface area contributed by atoms with E-state index in [1.54, 1.807) is 20.3 Å². The van der Waals surface area contributed by atoms with Crippen molar-refractivity contribution in [2.24, 2.45) is 0 Å². The number of amides is 1. The van der Waals surface area contributed by atoms with E-state index in [1.807, 2.05) is 26.0 Å². The van der Waals surface area contributed by atoms with Gasteiger partial charge in [0.25, 0.3) is 5.91 Å². The van der Waals surface area contributed by atoms with Gasteiger partial charge in [0.15, 0.2) is 0 Å². The van der Waals surface area contributed by atoms with Crippen molar-refractivity contribution in [2.75, 3.05) is 14.1 Å². The summed E-state index contributed by atoms with van der Waals surface area (Å²) in [6.07, 6.45) is 1.74. The van der Waals surface area contributed by atoms with Gasteiger partial charge < -0.3 is 4.90 Å². The first-order valence-corrected chi connectivity index (χ1v) is 6.43. The molecule has 18 heavy (non-hydrogen) atoms. The number of aryl methyl sites for hydroxylation is 2. The first-order valence-electron chi connectivity index (χ1n) is 5.61. The van der Waals surface area contributed by atoms with Gasteiger partial charge in [-0.25, -0.2) is 4.98 Å². The fraction of sp³-hybridized carbons (Fsp3) is 0.308. The molecule has 0 spiro atoms. The molecule has 4 nitrogen and oxygen atoms in total. The van der Waals surface area contributed by atoms with Crippen molar-refractivity contribution in [1.82, 2.24) is 14.9 Å². The van der Waals surface area contributed by atoms with Gasteiger partial charge >= 0.3 is 0 Å². The fourth-order valence-corrected chi connectivity index (χ4v) is 2.58. The van der Waals surface area contributed by atoms with Gasteiger partial charge in [0.2, 0.25) is 0 Å². The van der Waals surface area contributed by atoms with Crippen LogP contribution in [0, 0.1) is 13.8 Å². The van der Waals surface area contributed by atoms with E-state index in [4.69, 9.17) is 0 Å². The zero-order valence-corrected chi connectivity index (χ0v) is 11.7. The lowest BCUT2D eigenvalue weighted by atomic mass is 10.2. The highest BCUT2D eigenvalue weighted by molar-refractivity contribution is 7.15. The van der Waals surface area contributed by atoms with E-state index in [0.717, 1.165) is 21.1 Å². The molecular formula is C13H15N3OS. The van der Waals surface area contributed by atoms with Gasteiger partial charge in [0.1, 0.15) is 16.4 Å². The van der Waals surface area contributed by atoms with Crippen LogP contribution in [0.15, 0.2) is 18.3 Å². The van der Waals surface area contributed by atoms with Crippen molar-refractivity contribution in [1.29, 1.82) is 0 Å². The Labute approximate surface area is 110 Å². The molecule has 0 aromatic carbocycles. The lowest BCUT2D eigenvalue weighted by molar-refractivity contribution is 0.0822. The number of carbonyl (C=O) groups is 1. The molecule has 0 unspecified atom stereocenters. The Balaban J connectivity index is 2.47. The van der Waals surface area contributed by atoms with Crippen LogP contribution in [0.4, 0.5) is 0 Å². The van der Waals surface area contributed by atoms with Crippen LogP contribution in [0.2, 0.25) is 0 Å². The topological polar surface area (TPSA) is 46.1 Å². The first-order chi connectivity index (χ1) is 8.50. The molecule has 0 bridgehead atoms. The third-order valence-electron chi connectivity index (χ3n) is 2.62. The predicted molar refractivity (Wildman–Crippen MR) is 72.8 cm³/mol.